The molecule has 3 aliphatic rings. The third kappa shape index (κ3) is 1.57. The topological polar surface area (TPSA) is 76.8 Å². The van der Waals surface area contributed by atoms with Crippen molar-refractivity contribution in [2.45, 2.75) is 68.9 Å². The lowest BCUT2D eigenvalue weighted by atomic mass is 9.58. The van der Waals surface area contributed by atoms with Gasteiger partial charge in [0.1, 0.15) is 11.1 Å². The summed E-state index contributed by atoms with van der Waals surface area (Å²) in [6, 6.07) is 5.02. The van der Waals surface area contributed by atoms with Gasteiger partial charge in [0.2, 0.25) is 0 Å². The summed E-state index contributed by atoms with van der Waals surface area (Å²) in [5.74, 6) is 7.15. The molecule has 1 heterocycles. The van der Waals surface area contributed by atoms with Crippen molar-refractivity contribution >= 4 is 0 Å². The number of nitrogens with zero attached hydrogens (tertiary/aromatic N) is 3. The van der Waals surface area contributed by atoms with Gasteiger partial charge in [0.15, 0.2) is 0 Å². The van der Waals surface area contributed by atoms with Gasteiger partial charge in [-0.05, 0) is 43.9 Å². The first-order chi connectivity index (χ1) is 9.19. The van der Waals surface area contributed by atoms with Crippen LogP contribution in [0.4, 0.5) is 0 Å². The minimum atomic E-state index is -0.582. The molecule has 0 radical (unpaired) electrons. The number of hydrogen-bond acceptors (Lipinski definition) is 4. The van der Waals surface area contributed by atoms with Crippen LogP contribution < -0.4 is 5.84 Å². The van der Waals surface area contributed by atoms with E-state index in [0.29, 0.717) is 11.8 Å². The number of nitriles is 2. The Kier molecular flexibility index (Phi) is 3.04. The predicted molar refractivity (Wildman–Crippen MR) is 71.2 cm³/mol. The summed E-state index contributed by atoms with van der Waals surface area (Å²) in [7, 11) is 0. The van der Waals surface area contributed by atoms with Crippen molar-refractivity contribution in [3.05, 3.63) is 0 Å². The van der Waals surface area contributed by atoms with Crippen molar-refractivity contribution < 1.29 is 0 Å². The van der Waals surface area contributed by atoms with Crippen molar-refractivity contribution in [3.8, 4) is 12.1 Å². The first-order valence-electron chi connectivity index (χ1n) is 7.57. The molecule has 0 spiro atoms. The van der Waals surface area contributed by atoms with Crippen molar-refractivity contribution in [1.29, 1.82) is 10.5 Å². The van der Waals surface area contributed by atoms with Crippen molar-refractivity contribution in [1.82, 2.24) is 5.01 Å². The monoisotopic (exact) mass is 258 g/mol. The molecule has 2 N–H and O–H groups in total. The molecule has 0 aromatic rings. The molecule has 0 bridgehead atoms. The summed E-state index contributed by atoms with van der Waals surface area (Å²) in [5.41, 5.74) is -1.16. The molecule has 3 fully saturated rings. The average molecular weight is 258 g/mol. The van der Waals surface area contributed by atoms with E-state index in [1.165, 1.54) is 12.8 Å². The molecule has 4 heteroatoms. The molecule has 4 atom stereocenters. The fourth-order valence-electron chi connectivity index (χ4n) is 4.82. The molecule has 0 aromatic heterocycles. The fourth-order valence-corrected chi connectivity index (χ4v) is 4.82. The molecule has 0 amide bonds. The van der Waals surface area contributed by atoms with Crippen LogP contribution in [-0.2, 0) is 0 Å². The predicted octanol–water partition coefficient (Wildman–Crippen LogP) is 2.47. The van der Waals surface area contributed by atoms with E-state index < -0.39 is 11.1 Å². The average Bonchev–Trinajstić information content (AvgIpc) is 2.48. The summed E-state index contributed by atoms with van der Waals surface area (Å²) < 4.78 is 0. The molecule has 0 aromatic carbocycles. The molecule has 0 unspecified atom stereocenters. The Morgan fingerprint density at radius 1 is 0.895 bits per heavy atom. The van der Waals surface area contributed by atoms with E-state index in [2.05, 4.69) is 12.1 Å². The van der Waals surface area contributed by atoms with Gasteiger partial charge < -0.3 is 0 Å². The highest BCUT2D eigenvalue weighted by molar-refractivity contribution is 5.26. The van der Waals surface area contributed by atoms with Crippen LogP contribution in [0.5, 0.6) is 0 Å². The lowest BCUT2D eigenvalue weighted by Gasteiger charge is -2.59. The van der Waals surface area contributed by atoms with E-state index >= 15 is 0 Å². The summed E-state index contributed by atoms with van der Waals surface area (Å²) in [4.78, 5) is 0. The Bertz CT molecular complexity index is 408. The highest BCUT2D eigenvalue weighted by Gasteiger charge is 2.61. The smallest absolute Gasteiger partial charge is 0.126 e. The second-order valence-corrected chi connectivity index (χ2v) is 6.56. The molecule has 2 saturated carbocycles. The number of nitrogens with two attached hydrogens (primary N) is 1. The third-order valence-corrected chi connectivity index (χ3v) is 5.89. The number of hydrogen-bond donors (Lipinski definition) is 1. The van der Waals surface area contributed by atoms with Gasteiger partial charge in [-0.1, -0.05) is 25.7 Å². The van der Waals surface area contributed by atoms with Crippen LogP contribution in [0, 0.1) is 34.5 Å². The van der Waals surface area contributed by atoms with Crippen molar-refractivity contribution in [3.63, 3.8) is 0 Å². The number of piperidine rings is 1. The number of rotatable bonds is 0. The maximum absolute atomic E-state index is 9.77. The molecule has 2 aliphatic carbocycles. The van der Waals surface area contributed by atoms with Gasteiger partial charge in [0, 0.05) is 0 Å². The summed E-state index contributed by atoms with van der Waals surface area (Å²) in [6.07, 6.45) is 9.41. The third-order valence-electron chi connectivity index (χ3n) is 5.89. The lowest BCUT2D eigenvalue weighted by molar-refractivity contribution is -0.113. The zero-order valence-electron chi connectivity index (χ0n) is 11.4. The van der Waals surface area contributed by atoms with Crippen LogP contribution in [0.25, 0.3) is 0 Å². The van der Waals surface area contributed by atoms with E-state index in [9.17, 15) is 10.5 Å². The second kappa shape index (κ2) is 4.47. The van der Waals surface area contributed by atoms with Gasteiger partial charge in [-0.2, -0.15) is 10.5 Å². The zero-order valence-corrected chi connectivity index (χ0v) is 11.4. The Hall–Kier alpha value is -1.10. The zero-order chi connectivity index (χ0) is 13.5. The Labute approximate surface area is 115 Å². The highest BCUT2D eigenvalue weighted by atomic mass is 15.5. The minimum absolute atomic E-state index is 0.362. The minimum Gasteiger partial charge on any atom is -0.266 e. The summed E-state index contributed by atoms with van der Waals surface area (Å²) in [6.45, 7) is 0. The highest BCUT2D eigenvalue weighted by Crippen LogP contribution is 2.54. The van der Waals surface area contributed by atoms with Crippen LogP contribution in [0.1, 0.15) is 57.8 Å². The second-order valence-electron chi connectivity index (χ2n) is 6.56. The Balaban J connectivity index is 2.04. The van der Waals surface area contributed by atoms with E-state index in [0.717, 1.165) is 44.9 Å². The molecule has 4 nitrogen and oxygen atoms in total. The van der Waals surface area contributed by atoms with E-state index in [1.807, 2.05) is 0 Å². The van der Waals surface area contributed by atoms with Crippen LogP contribution in [0.2, 0.25) is 0 Å². The van der Waals surface area contributed by atoms with Gasteiger partial charge in [0.25, 0.3) is 0 Å². The van der Waals surface area contributed by atoms with Gasteiger partial charge in [-0.25, -0.2) is 5.01 Å². The largest absolute Gasteiger partial charge is 0.266 e. The SMILES string of the molecule is N#C[C@@]12CCCC[C@@H]1C[C@H]1CCCC[C@@]1(C#N)N2N. The van der Waals surface area contributed by atoms with E-state index in [4.69, 9.17) is 5.84 Å². The normalized spacial score (nSPS) is 46.5. The summed E-state index contributed by atoms with van der Waals surface area (Å²) in [5, 5.41) is 21.3. The van der Waals surface area contributed by atoms with E-state index in [-0.39, 0.29) is 0 Å². The maximum atomic E-state index is 9.77. The Morgan fingerprint density at radius 2 is 1.37 bits per heavy atom. The van der Waals surface area contributed by atoms with Crippen molar-refractivity contribution in [2.75, 3.05) is 0 Å². The molecule has 19 heavy (non-hydrogen) atoms. The number of hydrazine groups is 1. The van der Waals surface area contributed by atoms with E-state index in [1.54, 1.807) is 5.01 Å². The molecule has 3 rings (SSSR count). The van der Waals surface area contributed by atoms with Crippen molar-refractivity contribution in [2.24, 2.45) is 17.7 Å². The molecular formula is C15H22N4. The van der Waals surface area contributed by atoms with Gasteiger partial charge in [0.05, 0.1) is 12.1 Å². The van der Waals surface area contributed by atoms with Gasteiger partial charge >= 0.3 is 0 Å². The van der Waals surface area contributed by atoms with Crippen LogP contribution >= 0.6 is 0 Å². The first-order valence-corrected chi connectivity index (χ1v) is 7.57. The lowest BCUT2D eigenvalue weighted by Crippen LogP contribution is -2.73. The molecule has 1 aliphatic heterocycles. The van der Waals surface area contributed by atoms with Gasteiger partial charge in [-0.15, -0.1) is 0 Å². The summed E-state index contributed by atoms with van der Waals surface area (Å²) >= 11 is 0. The van der Waals surface area contributed by atoms with Gasteiger partial charge in [-0.3, -0.25) is 5.84 Å². The quantitative estimate of drug-likeness (QED) is 0.677. The maximum Gasteiger partial charge on any atom is 0.126 e. The number of fused-ring (bicyclic) bond motifs is 2. The molecular weight excluding hydrogens is 236 g/mol. The Morgan fingerprint density at radius 3 is 1.79 bits per heavy atom. The van der Waals surface area contributed by atoms with Crippen LogP contribution in [0.15, 0.2) is 0 Å². The molecule has 1 saturated heterocycles. The van der Waals surface area contributed by atoms with Crippen LogP contribution in [-0.4, -0.2) is 16.1 Å². The standard InChI is InChI=1S/C15H22N4/c16-10-14-7-3-1-5-12(14)9-13-6-2-4-8-15(13,11-17)19(14)18/h12-13H,1-9,18H2/t12-,13-,14+,15+/m1/s1. The van der Waals surface area contributed by atoms with Crippen LogP contribution in [0.3, 0.4) is 0 Å². The first kappa shape index (κ1) is 12.9. The fraction of sp³-hybridized carbons (Fsp3) is 0.867. The molecule has 102 valence electrons.